The zero-order valence-electron chi connectivity index (χ0n) is 13.9. The number of amides is 3. The Morgan fingerprint density at radius 1 is 1.48 bits per heavy atom. The SMILES string of the molecule is C[C@@H](NC(=O)NCCCn1cncn1)c1ccc2c(c1)NC(=O)CO2. The van der Waals surface area contributed by atoms with Gasteiger partial charge in [-0.05, 0) is 31.0 Å². The molecule has 1 aliphatic rings. The molecule has 132 valence electrons. The molecule has 9 nitrogen and oxygen atoms in total. The van der Waals surface area contributed by atoms with Gasteiger partial charge in [0.25, 0.3) is 5.91 Å². The van der Waals surface area contributed by atoms with Crippen molar-refractivity contribution in [3.63, 3.8) is 0 Å². The minimum absolute atomic E-state index is 0.0250. The van der Waals surface area contributed by atoms with E-state index in [1.54, 1.807) is 17.1 Å². The number of nitrogens with zero attached hydrogens (tertiary/aromatic N) is 3. The predicted molar refractivity (Wildman–Crippen MR) is 90.2 cm³/mol. The summed E-state index contributed by atoms with van der Waals surface area (Å²) in [4.78, 5) is 27.2. The van der Waals surface area contributed by atoms with Crippen LogP contribution in [0.15, 0.2) is 30.9 Å². The number of carbonyl (C=O) groups is 2. The van der Waals surface area contributed by atoms with E-state index in [2.05, 4.69) is 26.0 Å². The second-order valence-electron chi connectivity index (χ2n) is 5.73. The third-order valence-electron chi connectivity index (χ3n) is 3.80. The van der Waals surface area contributed by atoms with Crippen LogP contribution in [0, 0.1) is 0 Å². The van der Waals surface area contributed by atoms with Gasteiger partial charge in [0.05, 0.1) is 11.7 Å². The molecule has 0 fully saturated rings. The largest absolute Gasteiger partial charge is 0.482 e. The van der Waals surface area contributed by atoms with E-state index in [-0.39, 0.29) is 24.6 Å². The number of hydrogen-bond acceptors (Lipinski definition) is 5. The highest BCUT2D eigenvalue weighted by molar-refractivity contribution is 5.95. The first-order chi connectivity index (χ1) is 12.1. The van der Waals surface area contributed by atoms with E-state index >= 15 is 0 Å². The Morgan fingerprint density at radius 2 is 2.36 bits per heavy atom. The molecule has 0 saturated heterocycles. The summed E-state index contributed by atoms with van der Waals surface area (Å²) >= 11 is 0. The minimum atomic E-state index is -0.246. The van der Waals surface area contributed by atoms with E-state index in [1.165, 1.54) is 6.33 Å². The first-order valence-corrected chi connectivity index (χ1v) is 8.05. The van der Waals surface area contributed by atoms with Crippen molar-refractivity contribution in [1.82, 2.24) is 25.4 Å². The third kappa shape index (κ3) is 4.46. The molecule has 0 spiro atoms. The van der Waals surface area contributed by atoms with Crippen molar-refractivity contribution in [1.29, 1.82) is 0 Å². The zero-order valence-corrected chi connectivity index (χ0v) is 13.9. The van der Waals surface area contributed by atoms with E-state index in [4.69, 9.17) is 4.74 Å². The summed E-state index contributed by atoms with van der Waals surface area (Å²) in [7, 11) is 0. The van der Waals surface area contributed by atoms with Gasteiger partial charge in [-0.15, -0.1) is 0 Å². The number of aryl methyl sites for hydroxylation is 1. The molecule has 0 aliphatic carbocycles. The van der Waals surface area contributed by atoms with Gasteiger partial charge < -0.3 is 20.7 Å². The molecule has 3 N–H and O–H groups in total. The maximum absolute atomic E-state index is 12.0. The molecule has 0 bridgehead atoms. The van der Waals surface area contributed by atoms with Crippen molar-refractivity contribution in [3.8, 4) is 5.75 Å². The number of aromatic nitrogens is 3. The van der Waals surface area contributed by atoms with E-state index < -0.39 is 0 Å². The Morgan fingerprint density at radius 3 is 3.16 bits per heavy atom. The number of fused-ring (bicyclic) bond motifs is 1. The summed E-state index contributed by atoms with van der Waals surface area (Å²) in [6, 6.07) is 5.01. The molecule has 0 saturated carbocycles. The molecule has 0 unspecified atom stereocenters. The maximum atomic E-state index is 12.0. The highest BCUT2D eigenvalue weighted by atomic mass is 16.5. The lowest BCUT2D eigenvalue weighted by atomic mass is 10.1. The molecule has 25 heavy (non-hydrogen) atoms. The summed E-state index contributed by atoms with van der Waals surface area (Å²) in [5.41, 5.74) is 1.50. The molecule has 1 aromatic heterocycles. The fourth-order valence-electron chi connectivity index (χ4n) is 2.49. The number of rotatable bonds is 6. The summed E-state index contributed by atoms with van der Waals surface area (Å²) in [5.74, 6) is 0.448. The number of benzene rings is 1. The predicted octanol–water partition coefficient (Wildman–Crippen LogP) is 1.06. The van der Waals surface area contributed by atoms with Crippen LogP contribution in [0.1, 0.15) is 24.9 Å². The minimum Gasteiger partial charge on any atom is -0.482 e. The highest BCUT2D eigenvalue weighted by Gasteiger charge is 2.18. The van der Waals surface area contributed by atoms with Gasteiger partial charge in [0.15, 0.2) is 6.61 Å². The van der Waals surface area contributed by atoms with E-state index in [1.807, 2.05) is 19.1 Å². The van der Waals surface area contributed by atoms with Crippen molar-refractivity contribution >= 4 is 17.6 Å². The third-order valence-corrected chi connectivity index (χ3v) is 3.80. The molecule has 3 rings (SSSR count). The van der Waals surface area contributed by atoms with Crippen molar-refractivity contribution in [2.75, 3.05) is 18.5 Å². The van der Waals surface area contributed by atoms with Crippen LogP contribution in [0.4, 0.5) is 10.5 Å². The lowest BCUT2D eigenvalue weighted by molar-refractivity contribution is -0.118. The first-order valence-electron chi connectivity index (χ1n) is 8.05. The maximum Gasteiger partial charge on any atom is 0.315 e. The van der Waals surface area contributed by atoms with Crippen molar-refractivity contribution < 1.29 is 14.3 Å². The van der Waals surface area contributed by atoms with Gasteiger partial charge in [0.2, 0.25) is 0 Å². The number of urea groups is 1. The molecule has 1 aromatic carbocycles. The Kier molecular flexibility index (Phi) is 5.12. The Bertz CT molecular complexity index is 746. The van der Waals surface area contributed by atoms with Gasteiger partial charge in [0, 0.05) is 13.1 Å². The van der Waals surface area contributed by atoms with E-state index in [0.717, 1.165) is 12.0 Å². The topological polar surface area (TPSA) is 110 Å². The lowest BCUT2D eigenvalue weighted by Gasteiger charge is -2.21. The van der Waals surface area contributed by atoms with Crippen LogP contribution in [0.5, 0.6) is 5.75 Å². The monoisotopic (exact) mass is 344 g/mol. The second kappa shape index (κ2) is 7.65. The van der Waals surface area contributed by atoms with Crippen LogP contribution in [-0.2, 0) is 11.3 Å². The number of carbonyl (C=O) groups excluding carboxylic acids is 2. The van der Waals surface area contributed by atoms with Gasteiger partial charge >= 0.3 is 6.03 Å². The molecule has 3 amide bonds. The van der Waals surface area contributed by atoms with E-state index in [0.29, 0.717) is 24.5 Å². The molecule has 2 heterocycles. The summed E-state index contributed by atoms with van der Waals surface area (Å²) in [5, 5.41) is 12.4. The fourth-order valence-corrected chi connectivity index (χ4v) is 2.49. The Hall–Kier alpha value is -3.10. The van der Waals surface area contributed by atoms with Crippen molar-refractivity contribution in [2.24, 2.45) is 0 Å². The number of ether oxygens (including phenoxy) is 1. The normalized spacial score (nSPS) is 14.0. The van der Waals surface area contributed by atoms with Crippen molar-refractivity contribution in [3.05, 3.63) is 36.4 Å². The fraction of sp³-hybridized carbons (Fsp3) is 0.375. The molecule has 9 heteroatoms. The Balaban J connectivity index is 1.46. The van der Waals surface area contributed by atoms with E-state index in [9.17, 15) is 9.59 Å². The molecule has 1 atom stereocenters. The van der Waals surface area contributed by atoms with Gasteiger partial charge in [-0.3, -0.25) is 9.48 Å². The van der Waals surface area contributed by atoms with Crippen LogP contribution >= 0.6 is 0 Å². The second-order valence-corrected chi connectivity index (χ2v) is 5.73. The highest BCUT2D eigenvalue weighted by Crippen LogP contribution is 2.30. The van der Waals surface area contributed by atoms with Crippen LogP contribution in [0.2, 0.25) is 0 Å². The average Bonchev–Trinajstić information content (AvgIpc) is 3.11. The van der Waals surface area contributed by atoms with Crippen LogP contribution in [0.3, 0.4) is 0 Å². The summed E-state index contributed by atoms with van der Waals surface area (Å²) < 4.78 is 7.04. The standard InChI is InChI=1S/C16H20N6O3/c1-11(12-3-4-14-13(7-12)21-15(23)8-25-14)20-16(24)18-5-2-6-22-10-17-9-19-22/h3-4,7,9-11H,2,5-6,8H2,1H3,(H,21,23)(H2,18,20,24)/t11-/m1/s1. The average molecular weight is 344 g/mol. The van der Waals surface area contributed by atoms with Crippen molar-refractivity contribution in [2.45, 2.75) is 25.9 Å². The van der Waals surface area contributed by atoms with Gasteiger partial charge in [-0.25, -0.2) is 9.78 Å². The summed E-state index contributed by atoms with van der Waals surface area (Å²) in [6.45, 7) is 3.13. The molecule has 2 aromatic rings. The quantitative estimate of drug-likeness (QED) is 0.679. The Labute approximate surface area is 144 Å². The van der Waals surface area contributed by atoms with Gasteiger partial charge in [-0.2, -0.15) is 5.10 Å². The number of nitrogens with one attached hydrogen (secondary N) is 3. The summed E-state index contributed by atoms with van der Waals surface area (Å²) in [6.07, 6.45) is 3.88. The zero-order chi connectivity index (χ0) is 17.6. The first kappa shape index (κ1) is 16.7. The number of anilines is 1. The molecular weight excluding hydrogens is 324 g/mol. The van der Waals surface area contributed by atoms with Crippen LogP contribution in [-0.4, -0.2) is 39.9 Å². The molecule has 0 radical (unpaired) electrons. The van der Waals surface area contributed by atoms with Gasteiger partial charge in [-0.1, -0.05) is 6.07 Å². The van der Waals surface area contributed by atoms with Gasteiger partial charge in [0.1, 0.15) is 18.4 Å². The van der Waals surface area contributed by atoms with Crippen LogP contribution < -0.4 is 20.7 Å². The lowest BCUT2D eigenvalue weighted by Crippen LogP contribution is -2.37. The number of hydrogen-bond donors (Lipinski definition) is 3. The molecular formula is C16H20N6O3. The van der Waals surface area contributed by atoms with Crippen LogP contribution in [0.25, 0.3) is 0 Å². The smallest absolute Gasteiger partial charge is 0.315 e. The molecule has 1 aliphatic heterocycles.